The molecule has 7 atom stereocenters. The number of rotatable bonds is 17. The molecule has 2 N–H and O–H groups in total. The second kappa shape index (κ2) is 15.6. The third-order valence-electron chi connectivity index (χ3n) is 9.79. The molecule has 47 heavy (non-hydrogen) atoms. The van der Waals surface area contributed by atoms with E-state index in [1.54, 1.807) is 28.9 Å². The first-order chi connectivity index (χ1) is 22.4. The maximum Gasteiger partial charge on any atom is 0.313 e. The van der Waals surface area contributed by atoms with Crippen molar-refractivity contribution in [3.05, 3.63) is 61.2 Å². The molecule has 10 heteroatoms. The molecule has 10 nitrogen and oxygen atoms in total. The molecular formula is C37H53N3O7. The highest BCUT2D eigenvalue weighted by atomic mass is 16.6. The molecule has 3 aliphatic heterocycles. The van der Waals surface area contributed by atoms with Crippen molar-refractivity contribution in [1.29, 1.82) is 0 Å². The van der Waals surface area contributed by atoms with Crippen LogP contribution < -0.4 is 5.32 Å². The first-order valence-electron chi connectivity index (χ1n) is 17.1. The zero-order chi connectivity index (χ0) is 34.4. The van der Waals surface area contributed by atoms with E-state index in [4.69, 9.17) is 9.47 Å². The number of benzene rings is 1. The van der Waals surface area contributed by atoms with Crippen molar-refractivity contribution in [3.8, 4) is 0 Å². The van der Waals surface area contributed by atoms with Gasteiger partial charge in [0.25, 0.3) is 0 Å². The highest BCUT2D eigenvalue weighted by molar-refractivity contribution is 5.98. The van der Waals surface area contributed by atoms with Crippen LogP contribution in [0.2, 0.25) is 0 Å². The molecule has 258 valence electrons. The highest BCUT2D eigenvalue weighted by Crippen LogP contribution is 2.59. The van der Waals surface area contributed by atoms with Gasteiger partial charge in [-0.05, 0) is 65.4 Å². The van der Waals surface area contributed by atoms with Gasteiger partial charge in [-0.1, -0.05) is 55.3 Å². The van der Waals surface area contributed by atoms with Crippen molar-refractivity contribution >= 4 is 23.7 Å². The number of nitrogens with one attached hydrogen (secondary N) is 1. The minimum Gasteiger partial charge on any atom is -0.455 e. The third-order valence-corrected chi connectivity index (χ3v) is 9.79. The van der Waals surface area contributed by atoms with Crippen molar-refractivity contribution in [1.82, 2.24) is 15.1 Å². The van der Waals surface area contributed by atoms with Gasteiger partial charge in [0.15, 0.2) is 0 Å². The maximum atomic E-state index is 14.5. The Labute approximate surface area is 279 Å². The normalized spacial score (nSPS) is 26.0. The van der Waals surface area contributed by atoms with Crippen LogP contribution in [0.3, 0.4) is 0 Å². The number of allylic oxidation sites excluding steroid dienone is 1. The standard InChI is InChI=1S/C37H53N3O7/c1-7-9-19-28(42)38-25(3)31(26-17-13-12-14-18-26)46-35(45)29-27-20-21-37(47-27)30(29)33(43)39(23-15-10-11-16-24-41)32(37)34(44)40(22-8-2)36(4,5)6/h7-8,12-14,17-18,25,27,29-32,41H,1-2,9-11,15-16,19-24H2,3-6H3,(H,38,42)/t25-,27-,29+,30+,31-,32-,37+/m0/s1. The Kier molecular flexibility index (Phi) is 12.1. The summed E-state index contributed by atoms with van der Waals surface area (Å²) >= 11 is 0. The van der Waals surface area contributed by atoms with Crippen LogP contribution in [0.1, 0.15) is 90.7 Å². The number of unbranched alkanes of at least 4 members (excludes halogenated alkanes) is 3. The molecule has 0 saturated carbocycles. The van der Waals surface area contributed by atoms with E-state index >= 15 is 0 Å². The lowest BCUT2D eigenvalue weighted by Gasteiger charge is -2.42. The fraction of sp³-hybridized carbons (Fsp3) is 0.622. The second-order valence-corrected chi connectivity index (χ2v) is 14.1. The van der Waals surface area contributed by atoms with E-state index in [1.165, 1.54) is 0 Å². The number of hydrogen-bond acceptors (Lipinski definition) is 7. The summed E-state index contributed by atoms with van der Waals surface area (Å²) in [5.41, 5.74) is -0.970. The molecule has 0 aromatic heterocycles. The van der Waals surface area contributed by atoms with Gasteiger partial charge in [0.05, 0.1) is 24.0 Å². The topological polar surface area (TPSA) is 125 Å². The summed E-state index contributed by atoms with van der Waals surface area (Å²) in [7, 11) is 0. The van der Waals surface area contributed by atoms with Crippen molar-refractivity contribution in [2.24, 2.45) is 11.8 Å². The molecule has 1 aromatic carbocycles. The summed E-state index contributed by atoms with van der Waals surface area (Å²) in [4.78, 5) is 59.2. The Balaban J connectivity index is 1.65. The summed E-state index contributed by atoms with van der Waals surface area (Å²) in [5.74, 6) is -2.96. The molecule has 3 aliphatic rings. The zero-order valence-electron chi connectivity index (χ0n) is 28.5. The van der Waals surface area contributed by atoms with E-state index in [0.717, 1.165) is 18.4 Å². The van der Waals surface area contributed by atoms with Crippen molar-refractivity contribution < 1.29 is 33.8 Å². The number of hydrogen-bond donors (Lipinski definition) is 2. The molecular weight excluding hydrogens is 598 g/mol. The summed E-state index contributed by atoms with van der Waals surface area (Å²) in [6.07, 6.45) is 6.75. The van der Waals surface area contributed by atoms with Gasteiger partial charge < -0.3 is 29.7 Å². The Morgan fingerprint density at radius 2 is 1.85 bits per heavy atom. The lowest BCUT2D eigenvalue weighted by atomic mass is 9.70. The minimum absolute atomic E-state index is 0.108. The number of likely N-dealkylation sites (tertiary alicyclic amines) is 1. The Hall–Kier alpha value is -3.50. The van der Waals surface area contributed by atoms with Crippen LogP contribution in [0.25, 0.3) is 0 Å². The molecule has 0 radical (unpaired) electrons. The van der Waals surface area contributed by atoms with Gasteiger partial charge in [-0.15, -0.1) is 13.2 Å². The molecule has 3 saturated heterocycles. The summed E-state index contributed by atoms with van der Waals surface area (Å²) in [6, 6.07) is 7.82. The molecule has 4 rings (SSSR count). The lowest BCUT2D eigenvalue weighted by Crippen LogP contribution is -2.59. The number of fused-ring (bicyclic) bond motifs is 1. The van der Waals surface area contributed by atoms with E-state index in [2.05, 4.69) is 18.5 Å². The van der Waals surface area contributed by atoms with Gasteiger partial charge in [0.1, 0.15) is 17.7 Å². The van der Waals surface area contributed by atoms with Crippen LogP contribution in [0, 0.1) is 11.8 Å². The summed E-state index contributed by atoms with van der Waals surface area (Å²) in [6.45, 7) is 16.0. The predicted molar refractivity (Wildman–Crippen MR) is 179 cm³/mol. The van der Waals surface area contributed by atoms with Gasteiger partial charge >= 0.3 is 5.97 Å². The Morgan fingerprint density at radius 3 is 2.49 bits per heavy atom. The molecule has 3 amide bonds. The minimum atomic E-state index is -1.15. The number of carbonyl (C=O) groups excluding carboxylic acids is 4. The smallest absolute Gasteiger partial charge is 0.313 e. The maximum absolute atomic E-state index is 14.5. The number of nitrogens with zero attached hydrogens (tertiary/aromatic N) is 2. The molecule has 1 aromatic rings. The third kappa shape index (κ3) is 7.64. The zero-order valence-corrected chi connectivity index (χ0v) is 28.5. The van der Waals surface area contributed by atoms with Gasteiger partial charge in [-0.3, -0.25) is 19.2 Å². The van der Waals surface area contributed by atoms with E-state index in [1.807, 2.05) is 51.1 Å². The van der Waals surface area contributed by atoms with Gasteiger partial charge in [-0.25, -0.2) is 0 Å². The van der Waals surface area contributed by atoms with Crippen LogP contribution in [-0.2, 0) is 28.7 Å². The molecule has 0 unspecified atom stereocenters. The highest BCUT2D eigenvalue weighted by Gasteiger charge is 2.75. The fourth-order valence-corrected chi connectivity index (χ4v) is 7.60. The number of ether oxygens (including phenoxy) is 2. The number of amides is 3. The number of aliphatic hydroxyl groups excluding tert-OH is 1. The average molecular weight is 652 g/mol. The van der Waals surface area contributed by atoms with Crippen molar-refractivity contribution in [2.45, 2.75) is 114 Å². The van der Waals surface area contributed by atoms with E-state index in [-0.39, 0.29) is 30.7 Å². The molecule has 2 bridgehead atoms. The average Bonchev–Trinajstić information content (AvgIpc) is 3.68. The van der Waals surface area contributed by atoms with Crippen molar-refractivity contribution in [2.75, 3.05) is 19.7 Å². The predicted octanol–water partition coefficient (Wildman–Crippen LogP) is 4.48. The first-order valence-corrected chi connectivity index (χ1v) is 17.1. The summed E-state index contributed by atoms with van der Waals surface area (Å²) in [5, 5.41) is 12.2. The first kappa shape index (κ1) is 36.3. The quantitative estimate of drug-likeness (QED) is 0.145. The van der Waals surface area contributed by atoms with E-state index in [9.17, 15) is 24.3 Å². The molecule has 1 spiro atoms. The van der Waals surface area contributed by atoms with Gasteiger partial charge in [0.2, 0.25) is 17.7 Å². The van der Waals surface area contributed by atoms with Crippen molar-refractivity contribution in [3.63, 3.8) is 0 Å². The molecule has 3 heterocycles. The second-order valence-electron chi connectivity index (χ2n) is 14.1. The van der Waals surface area contributed by atoms with Crippen LogP contribution >= 0.6 is 0 Å². The Morgan fingerprint density at radius 1 is 1.15 bits per heavy atom. The van der Waals surface area contributed by atoms with Crippen LogP contribution in [0.4, 0.5) is 0 Å². The molecule has 0 aliphatic carbocycles. The Bertz CT molecular complexity index is 1290. The number of aliphatic hydroxyl groups is 1. The van der Waals surface area contributed by atoms with E-state index < -0.39 is 53.2 Å². The van der Waals surface area contributed by atoms with E-state index in [0.29, 0.717) is 45.2 Å². The summed E-state index contributed by atoms with van der Waals surface area (Å²) < 4.78 is 12.9. The van der Waals surface area contributed by atoms with Crippen LogP contribution in [0.15, 0.2) is 55.6 Å². The van der Waals surface area contributed by atoms with Crippen LogP contribution in [0.5, 0.6) is 0 Å². The molecule has 3 fully saturated rings. The fourth-order valence-electron chi connectivity index (χ4n) is 7.60. The monoisotopic (exact) mass is 651 g/mol. The van der Waals surface area contributed by atoms with Crippen LogP contribution in [-0.4, -0.2) is 87.6 Å². The SMILES string of the molecule is C=CCCC(=O)N[C@@H](C)[C@H](OC(=O)[C@@H]1[C@@H]2CC[C@]3(O2)[C@H](C(=O)N(CC=C)C(C)(C)C)N(CCCCCCO)C(=O)[C@@H]13)c1ccccc1. The lowest BCUT2D eigenvalue weighted by molar-refractivity contribution is -0.162. The number of carbonyl (C=O) groups is 4. The largest absolute Gasteiger partial charge is 0.455 e. The van der Waals surface area contributed by atoms with Gasteiger partial charge in [0, 0.05) is 31.7 Å². The number of esters is 1. The van der Waals surface area contributed by atoms with Gasteiger partial charge in [-0.2, -0.15) is 0 Å².